The molecule has 2 aliphatic rings. The Bertz CT molecular complexity index is 147. The SMILES string of the molecule is CC(C)C1CCCC12CCS2. The number of hydrogen-bond acceptors (Lipinski definition) is 1. The maximum atomic E-state index is 2.40. The quantitative estimate of drug-likeness (QED) is 0.582. The molecular weight excluding hydrogens is 152 g/mol. The molecule has 2 fully saturated rings. The summed E-state index contributed by atoms with van der Waals surface area (Å²) in [5.74, 6) is 3.40. The van der Waals surface area contributed by atoms with E-state index in [1.54, 1.807) is 0 Å². The normalized spacial score (nSPS) is 43.4. The van der Waals surface area contributed by atoms with E-state index in [1.807, 2.05) is 0 Å². The predicted octanol–water partition coefficient (Wildman–Crippen LogP) is 3.32. The van der Waals surface area contributed by atoms with Crippen molar-refractivity contribution in [3.63, 3.8) is 0 Å². The van der Waals surface area contributed by atoms with Gasteiger partial charge in [0.15, 0.2) is 0 Å². The first kappa shape index (κ1) is 7.97. The second-order valence-electron chi connectivity index (χ2n) is 4.41. The van der Waals surface area contributed by atoms with Crippen LogP contribution in [-0.4, -0.2) is 10.5 Å². The van der Waals surface area contributed by atoms with Crippen molar-refractivity contribution in [3.8, 4) is 0 Å². The van der Waals surface area contributed by atoms with Crippen LogP contribution in [0.1, 0.15) is 39.5 Å². The third-order valence-electron chi connectivity index (χ3n) is 3.51. The van der Waals surface area contributed by atoms with Gasteiger partial charge >= 0.3 is 0 Å². The molecule has 0 aromatic carbocycles. The zero-order valence-corrected chi connectivity index (χ0v) is 8.41. The molecule has 1 aliphatic carbocycles. The molecule has 2 atom stereocenters. The second kappa shape index (κ2) is 2.69. The van der Waals surface area contributed by atoms with Crippen LogP contribution >= 0.6 is 11.8 Å². The van der Waals surface area contributed by atoms with Gasteiger partial charge in [-0.1, -0.05) is 20.3 Å². The molecule has 1 spiro atoms. The van der Waals surface area contributed by atoms with E-state index in [1.165, 1.54) is 31.4 Å². The van der Waals surface area contributed by atoms with Gasteiger partial charge in [0, 0.05) is 4.75 Å². The lowest BCUT2D eigenvalue weighted by Crippen LogP contribution is -2.40. The maximum Gasteiger partial charge on any atom is 0.0198 e. The van der Waals surface area contributed by atoms with E-state index >= 15 is 0 Å². The molecule has 1 heteroatoms. The zero-order valence-electron chi connectivity index (χ0n) is 7.60. The van der Waals surface area contributed by atoms with Crippen molar-refractivity contribution in [3.05, 3.63) is 0 Å². The molecule has 1 aliphatic heterocycles. The van der Waals surface area contributed by atoms with Crippen molar-refractivity contribution in [2.24, 2.45) is 11.8 Å². The highest BCUT2D eigenvalue weighted by Gasteiger charge is 2.48. The van der Waals surface area contributed by atoms with Gasteiger partial charge in [-0.25, -0.2) is 0 Å². The largest absolute Gasteiger partial charge is 0.155 e. The van der Waals surface area contributed by atoms with Gasteiger partial charge in [0.05, 0.1) is 0 Å². The summed E-state index contributed by atoms with van der Waals surface area (Å²) in [5, 5.41) is 0. The summed E-state index contributed by atoms with van der Waals surface area (Å²) >= 11 is 2.25. The standard InChI is InChI=1S/C10H18S/c1-8(2)9-4-3-5-10(9)6-7-11-10/h8-9H,3-7H2,1-2H3. The van der Waals surface area contributed by atoms with Crippen molar-refractivity contribution in [1.29, 1.82) is 0 Å². The molecule has 1 saturated heterocycles. The summed E-state index contributed by atoms with van der Waals surface area (Å²) in [5.41, 5.74) is 0. The van der Waals surface area contributed by atoms with E-state index in [0.29, 0.717) is 0 Å². The van der Waals surface area contributed by atoms with Crippen LogP contribution in [0.4, 0.5) is 0 Å². The smallest absolute Gasteiger partial charge is 0.0198 e. The first-order chi connectivity index (χ1) is 5.25. The molecule has 0 aromatic heterocycles. The van der Waals surface area contributed by atoms with Gasteiger partial charge < -0.3 is 0 Å². The fourth-order valence-electron chi connectivity index (χ4n) is 2.86. The van der Waals surface area contributed by atoms with Crippen molar-refractivity contribution in [2.75, 3.05) is 5.75 Å². The minimum atomic E-state index is 0.772. The lowest BCUT2D eigenvalue weighted by Gasteiger charge is -2.44. The monoisotopic (exact) mass is 170 g/mol. The first-order valence-corrected chi connectivity index (χ1v) is 5.87. The molecule has 0 nitrogen and oxygen atoms in total. The molecule has 1 saturated carbocycles. The summed E-state index contributed by atoms with van der Waals surface area (Å²) in [7, 11) is 0. The first-order valence-electron chi connectivity index (χ1n) is 4.88. The van der Waals surface area contributed by atoms with Crippen LogP contribution in [-0.2, 0) is 0 Å². The van der Waals surface area contributed by atoms with Gasteiger partial charge in [0.2, 0.25) is 0 Å². The Kier molecular flexibility index (Phi) is 1.95. The van der Waals surface area contributed by atoms with Crippen molar-refractivity contribution < 1.29 is 0 Å². The highest BCUT2D eigenvalue weighted by molar-refractivity contribution is 8.02. The van der Waals surface area contributed by atoms with Crippen LogP contribution in [0.5, 0.6) is 0 Å². The summed E-state index contributed by atoms with van der Waals surface area (Å²) < 4.78 is 0.772. The van der Waals surface area contributed by atoms with E-state index < -0.39 is 0 Å². The molecule has 2 unspecified atom stereocenters. The molecular formula is C10H18S. The molecule has 0 N–H and O–H groups in total. The molecule has 11 heavy (non-hydrogen) atoms. The zero-order chi connectivity index (χ0) is 7.90. The molecule has 0 radical (unpaired) electrons. The van der Waals surface area contributed by atoms with Crippen LogP contribution in [0.3, 0.4) is 0 Å². The van der Waals surface area contributed by atoms with Crippen LogP contribution in [0.15, 0.2) is 0 Å². The van der Waals surface area contributed by atoms with Gasteiger partial charge in [-0.3, -0.25) is 0 Å². The minimum absolute atomic E-state index is 0.772. The number of thioether (sulfide) groups is 1. The van der Waals surface area contributed by atoms with Crippen LogP contribution < -0.4 is 0 Å². The summed E-state index contributed by atoms with van der Waals surface area (Å²) in [4.78, 5) is 0. The topological polar surface area (TPSA) is 0 Å². The van der Waals surface area contributed by atoms with E-state index in [0.717, 1.165) is 16.6 Å². The molecule has 64 valence electrons. The van der Waals surface area contributed by atoms with Crippen LogP contribution in [0.2, 0.25) is 0 Å². The second-order valence-corrected chi connectivity index (χ2v) is 5.92. The lowest BCUT2D eigenvalue weighted by atomic mass is 9.83. The Balaban J connectivity index is 2.07. The fraction of sp³-hybridized carbons (Fsp3) is 1.00. The average molecular weight is 170 g/mol. The third-order valence-corrected chi connectivity index (χ3v) is 5.20. The molecule has 0 aromatic rings. The van der Waals surface area contributed by atoms with E-state index in [-0.39, 0.29) is 0 Å². The van der Waals surface area contributed by atoms with Gasteiger partial charge in [-0.15, -0.1) is 0 Å². The van der Waals surface area contributed by atoms with E-state index in [4.69, 9.17) is 0 Å². The number of rotatable bonds is 1. The molecule has 0 amide bonds. The van der Waals surface area contributed by atoms with Crippen molar-refractivity contribution in [2.45, 2.75) is 44.3 Å². The van der Waals surface area contributed by atoms with Gasteiger partial charge in [-0.05, 0) is 36.9 Å². The minimum Gasteiger partial charge on any atom is -0.155 e. The summed E-state index contributed by atoms with van der Waals surface area (Å²) in [6, 6.07) is 0. The summed E-state index contributed by atoms with van der Waals surface area (Å²) in [6.45, 7) is 4.80. The van der Waals surface area contributed by atoms with Crippen LogP contribution in [0.25, 0.3) is 0 Å². The third kappa shape index (κ3) is 1.12. The highest BCUT2D eigenvalue weighted by Crippen LogP contribution is 2.57. The van der Waals surface area contributed by atoms with Gasteiger partial charge in [-0.2, -0.15) is 11.8 Å². The molecule has 2 rings (SSSR count). The summed E-state index contributed by atoms with van der Waals surface area (Å²) in [6.07, 6.45) is 6.03. The molecule has 0 bridgehead atoms. The average Bonchev–Trinajstić information content (AvgIpc) is 2.27. The van der Waals surface area contributed by atoms with Gasteiger partial charge in [0.1, 0.15) is 0 Å². The Morgan fingerprint density at radius 1 is 1.36 bits per heavy atom. The van der Waals surface area contributed by atoms with E-state index in [2.05, 4.69) is 25.6 Å². The van der Waals surface area contributed by atoms with E-state index in [9.17, 15) is 0 Å². The highest BCUT2D eigenvalue weighted by atomic mass is 32.2. The van der Waals surface area contributed by atoms with Gasteiger partial charge in [0.25, 0.3) is 0 Å². The van der Waals surface area contributed by atoms with Crippen molar-refractivity contribution in [1.82, 2.24) is 0 Å². The Morgan fingerprint density at radius 3 is 2.45 bits per heavy atom. The maximum absolute atomic E-state index is 2.40. The Hall–Kier alpha value is 0.350. The van der Waals surface area contributed by atoms with Crippen LogP contribution in [0, 0.1) is 11.8 Å². The fourth-order valence-corrected chi connectivity index (χ4v) is 4.49. The lowest BCUT2D eigenvalue weighted by molar-refractivity contribution is 0.308. The number of hydrogen-bond donors (Lipinski definition) is 0. The Labute approximate surface area is 74.1 Å². The van der Waals surface area contributed by atoms with Crippen molar-refractivity contribution >= 4 is 11.8 Å². The molecule has 1 heterocycles. The Morgan fingerprint density at radius 2 is 2.09 bits per heavy atom. The predicted molar refractivity (Wildman–Crippen MR) is 52.0 cm³/mol.